The van der Waals surface area contributed by atoms with Crippen LogP contribution in [-0.4, -0.2) is 20.8 Å². The molecule has 4 nitrogen and oxygen atoms in total. The standard InChI is InChI=1S/C23H21N3OS/c1-16-7-8-21-24-18(13-22(27)26(21)14-16)15-25-11-9-20-19(10-12-28-20)23(25)17-5-3-2-4-6-17/h2-8,10,12-14,23H,9,11,15H2,1H3. The maximum Gasteiger partial charge on any atom is 0.258 e. The molecule has 3 aromatic heterocycles. The van der Waals surface area contributed by atoms with E-state index < -0.39 is 0 Å². The Balaban J connectivity index is 1.54. The van der Waals surface area contributed by atoms with E-state index in [2.05, 4.69) is 46.7 Å². The van der Waals surface area contributed by atoms with E-state index in [4.69, 9.17) is 4.98 Å². The van der Waals surface area contributed by atoms with Crippen molar-refractivity contribution in [1.82, 2.24) is 14.3 Å². The second-order valence-corrected chi connectivity index (χ2v) is 8.35. The molecule has 0 saturated heterocycles. The molecule has 0 saturated carbocycles. The van der Waals surface area contributed by atoms with Crippen LogP contribution in [0.1, 0.15) is 33.3 Å². The van der Waals surface area contributed by atoms with Gasteiger partial charge in [-0.2, -0.15) is 0 Å². The van der Waals surface area contributed by atoms with E-state index in [1.807, 2.05) is 36.6 Å². The first-order valence-corrected chi connectivity index (χ1v) is 10.4. The number of hydrogen-bond acceptors (Lipinski definition) is 4. The summed E-state index contributed by atoms with van der Waals surface area (Å²) in [6.45, 7) is 3.60. The van der Waals surface area contributed by atoms with Crippen LogP contribution in [0, 0.1) is 6.92 Å². The first kappa shape index (κ1) is 17.3. The van der Waals surface area contributed by atoms with Gasteiger partial charge in [0, 0.05) is 30.2 Å². The predicted molar refractivity (Wildman–Crippen MR) is 113 cm³/mol. The Kier molecular flexibility index (Phi) is 4.34. The number of rotatable bonds is 3. The lowest BCUT2D eigenvalue weighted by atomic mass is 9.93. The first-order chi connectivity index (χ1) is 13.7. The number of fused-ring (bicyclic) bond motifs is 2. The summed E-state index contributed by atoms with van der Waals surface area (Å²) in [5.41, 5.74) is 5.24. The average molecular weight is 388 g/mol. The number of nitrogens with zero attached hydrogens (tertiary/aromatic N) is 3. The SMILES string of the molecule is Cc1ccc2nc(CN3CCc4sccc4C3c3ccccc3)cc(=O)n2c1. The van der Waals surface area contributed by atoms with E-state index in [0.29, 0.717) is 12.2 Å². The molecule has 4 heterocycles. The van der Waals surface area contributed by atoms with Gasteiger partial charge >= 0.3 is 0 Å². The molecule has 1 aliphatic rings. The highest BCUT2D eigenvalue weighted by Crippen LogP contribution is 2.38. The Bertz CT molecular complexity index is 1200. The zero-order valence-electron chi connectivity index (χ0n) is 15.7. The number of benzene rings is 1. The van der Waals surface area contributed by atoms with Crippen LogP contribution in [0.5, 0.6) is 0 Å². The molecule has 140 valence electrons. The Morgan fingerprint density at radius 1 is 1.14 bits per heavy atom. The largest absolute Gasteiger partial charge is 0.286 e. The molecule has 5 heteroatoms. The molecule has 0 aliphatic carbocycles. The smallest absolute Gasteiger partial charge is 0.258 e. The molecule has 0 N–H and O–H groups in total. The summed E-state index contributed by atoms with van der Waals surface area (Å²) in [5.74, 6) is 0. The van der Waals surface area contributed by atoms with Gasteiger partial charge in [0.1, 0.15) is 5.65 Å². The average Bonchev–Trinajstić information content (AvgIpc) is 3.18. The van der Waals surface area contributed by atoms with E-state index in [9.17, 15) is 4.79 Å². The zero-order valence-corrected chi connectivity index (χ0v) is 16.5. The van der Waals surface area contributed by atoms with E-state index in [1.165, 1.54) is 16.0 Å². The van der Waals surface area contributed by atoms with Gasteiger partial charge in [-0.3, -0.25) is 14.1 Å². The summed E-state index contributed by atoms with van der Waals surface area (Å²) in [6.07, 6.45) is 2.89. The minimum absolute atomic E-state index is 0.0202. The topological polar surface area (TPSA) is 37.6 Å². The van der Waals surface area contributed by atoms with Gasteiger partial charge in [-0.1, -0.05) is 36.4 Å². The van der Waals surface area contributed by atoms with Gasteiger partial charge in [0.15, 0.2) is 0 Å². The fraction of sp³-hybridized carbons (Fsp3) is 0.217. The molecular formula is C23H21N3OS. The summed E-state index contributed by atoms with van der Waals surface area (Å²) in [7, 11) is 0. The lowest BCUT2D eigenvalue weighted by molar-refractivity contribution is 0.204. The van der Waals surface area contributed by atoms with Crippen LogP contribution in [-0.2, 0) is 13.0 Å². The predicted octanol–water partition coefficient (Wildman–Crippen LogP) is 4.21. The van der Waals surface area contributed by atoms with Crippen LogP contribution < -0.4 is 5.56 Å². The van der Waals surface area contributed by atoms with Crippen LogP contribution >= 0.6 is 11.3 Å². The molecule has 1 unspecified atom stereocenters. The summed E-state index contributed by atoms with van der Waals surface area (Å²) in [6, 6.07) is 18.7. The number of aryl methyl sites for hydroxylation is 1. The highest BCUT2D eigenvalue weighted by Gasteiger charge is 2.29. The molecule has 28 heavy (non-hydrogen) atoms. The van der Waals surface area contributed by atoms with E-state index in [0.717, 1.165) is 24.2 Å². The molecule has 0 fully saturated rings. The van der Waals surface area contributed by atoms with Crippen molar-refractivity contribution in [2.45, 2.75) is 25.9 Å². The van der Waals surface area contributed by atoms with Crippen LogP contribution in [0.3, 0.4) is 0 Å². The highest BCUT2D eigenvalue weighted by atomic mass is 32.1. The van der Waals surface area contributed by atoms with Crippen molar-refractivity contribution in [2.24, 2.45) is 0 Å². The Labute approximate surface area is 167 Å². The summed E-state index contributed by atoms with van der Waals surface area (Å²) >= 11 is 1.84. The van der Waals surface area contributed by atoms with Crippen LogP contribution in [0.4, 0.5) is 0 Å². The third-order valence-electron chi connectivity index (χ3n) is 5.41. The van der Waals surface area contributed by atoms with E-state index in [-0.39, 0.29) is 11.6 Å². The van der Waals surface area contributed by atoms with Crippen LogP contribution in [0.25, 0.3) is 5.65 Å². The summed E-state index contributed by atoms with van der Waals surface area (Å²) in [5, 5.41) is 2.19. The van der Waals surface area contributed by atoms with Crippen molar-refractivity contribution in [3.8, 4) is 0 Å². The maximum atomic E-state index is 12.6. The van der Waals surface area contributed by atoms with Crippen LogP contribution in [0.2, 0.25) is 0 Å². The molecule has 1 atom stereocenters. The highest BCUT2D eigenvalue weighted by molar-refractivity contribution is 7.10. The molecule has 0 radical (unpaired) electrons. The van der Waals surface area contributed by atoms with Gasteiger partial charge in [0.25, 0.3) is 5.56 Å². The van der Waals surface area contributed by atoms with Crippen molar-refractivity contribution < 1.29 is 0 Å². The van der Waals surface area contributed by atoms with Gasteiger partial charge in [-0.05, 0) is 47.5 Å². The quantitative estimate of drug-likeness (QED) is 0.528. The van der Waals surface area contributed by atoms with Gasteiger partial charge in [0.05, 0.1) is 11.7 Å². The third-order valence-corrected chi connectivity index (χ3v) is 6.40. The molecule has 0 bridgehead atoms. The van der Waals surface area contributed by atoms with Crippen molar-refractivity contribution >= 4 is 17.0 Å². The van der Waals surface area contributed by atoms with Gasteiger partial charge < -0.3 is 0 Å². The molecule has 0 spiro atoms. The number of pyridine rings is 1. The molecule has 5 rings (SSSR count). The summed E-state index contributed by atoms with van der Waals surface area (Å²) < 4.78 is 1.63. The Hall–Kier alpha value is -2.76. The number of aromatic nitrogens is 2. The normalized spacial score (nSPS) is 17.0. The van der Waals surface area contributed by atoms with Crippen molar-refractivity contribution in [3.05, 3.63) is 104 Å². The third kappa shape index (κ3) is 3.07. The minimum Gasteiger partial charge on any atom is -0.286 e. The second kappa shape index (κ2) is 7.00. The molecule has 1 aromatic carbocycles. The lowest BCUT2D eigenvalue weighted by Gasteiger charge is -2.36. The monoisotopic (exact) mass is 387 g/mol. The van der Waals surface area contributed by atoms with Crippen molar-refractivity contribution in [3.63, 3.8) is 0 Å². The molecule has 1 aliphatic heterocycles. The van der Waals surface area contributed by atoms with E-state index in [1.54, 1.807) is 10.5 Å². The lowest BCUT2D eigenvalue weighted by Crippen LogP contribution is -2.35. The molecule has 4 aromatic rings. The van der Waals surface area contributed by atoms with Gasteiger partial charge in [-0.15, -0.1) is 11.3 Å². The van der Waals surface area contributed by atoms with Crippen LogP contribution in [0.15, 0.2) is 71.0 Å². The maximum absolute atomic E-state index is 12.6. The minimum atomic E-state index is -0.0202. The summed E-state index contributed by atoms with van der Waals surface area (Å²) in [4.78, 5) is 21.3. The Morgan fingerprint density at radius 3 is 2.86 bits per heavy atom. The number of hydrogen-bond donors (Lipinski definition) is 0. The Morgan fingerprint density at radius 2 is 2.00 bits per heavy atom. The fourth-order valence-corrected chi connectivity index (χ4v) is 5.02. The molecular weight excluding hydrogens is 366 g/mol. The van der Waals surface area contributed by atoms with Gasteiger partial charge in [-0.25, -0.2) is 4.98 Å². The van der Waals surface area contributed by atoms with Crippen molar-refractivity contribution in [1.29, 1.82) is 0 Å². The van der Waals surface area contributed by atoms with Gasteiger partial charge in [0.2, 0.25) is 0 Å². The second-order valence-electron chi connectivity index (χ2n) is 7.35. The number of thiophene rings is 1. The fourth-order valence-electron chi connectivity index (χ4n) is 4.11. The first-order valence-electron chi connectivity index (χ1n) is 9.53. The molecule has 0 amide bonds. The zero-order chi connectivity index (χ0) is 19.1. The van der Waals surface area contributed by atoms with Crippen molar-refractivity contribution in [2.75, 3.05) is 6.54 Å². The van der Waals surface area contributed by atoms with E-state index >= 15 is 0 Å².